The van der Waals surface area contributed by atoms with Crippen LogP contribution in [0.4, 0.5) is 5.69 Å². The Kier molecular flexibility index (Phi) is 5.41. The van der Waals surface area contributed by atoms with E-state index in [1.54, 1.807) is 6.26 Å². The first-order valence-electron chi connectivity index (χ1n) is 9.39. The average Bonchev–Trinajstić information content (AvgIpc) is 3.39. The zero-order valence-electron chi connectivity index (χ0n) is 15.5. The van der Waals surface area contributed by atoms with Crippen molar-refractivity contribution in [1.29, 1.82) is 0 Å². The van der Waals surface area contributed by atoms with Crippen molar-refractivity contribution in [2.45, 2.75) is 32.4 Å². The summed E-state index contributed by atoms with van der Waals surface area (Å²) in [6, 6.07) is 16.3. The van der Waals surface area contributed by atoms with Gasteiger partial charge in [-0.3, -0.25) is 9.69 Å². The number of hydrogen-bond donors (Lipinski definition) is 0. The van der Waals surface area contributed by atoms with E-state index in [-0.39, 0.29) is 11.9 Å². The molecular formula is C22H24N2O2S. The molecule has 1 saturated heterocycles. The zero-order chi connectivity index (χ0) is 18.6. The number of hydrogen-bond acceptors (Lipinski definition) is 4. The summed E-state index contributed by atoms with van der Waals surface area (Å²) in [5, 5.41) is 1.96. The summed E-state index contributed by atoms with van der Waals surface area (Å²) in [7, 11) is 0. The molecule has 1 amide bonds. The van der Waals surface area contributed by atoms with Gasteiger partial charge in [-0.05, 0) is 55.5 Å². The van der Waals surface area contributed by atoms with Crippen molar-refractivity contribution in [3.05, 3.63) is 76.4 Å². The molecule has 4 nitrogen and oxygen atoms in total. The van der Waals surface area contributed by atoms with Gasteiger partial charge in [-0.2, -0.15) is 0 Å². The van der Waals surface area contributed by atoms with Gasteiger partial charge in [0.25, 0.3) is 5.91 Å². The van der Waals surface area contributed by atoms with Crippen LogP contribution in [0.1, 0.15) is 33.8 Å². The monoisotopic (exact) mass is 380 g/mol. The lowest BCUT2D eigenvalue weighted by Gasteiger charge is -2.38. The third-order valence-corrected chi connectivity index (χ3v) is 6.00. The lowest BCUT2D eigenvalue weighted by molar-refractivity contribution is 0.0960. The van der Waals surface area contributed by atoms with E-state index in [1.807, 2.05) is 34.5 Å². The van der Waals surface area contributed by atoms with Gasteiger partial charge in [0.15, 0.2) is 0 Å². The molecule has 1 fully saturated rings. The Morgan fingerprint density at radius 3 is 2.56 bits per heavy atom. The molecular weight excluding hydrogens is 356 g/mol. The van der Waals surface area contributed by atoms with Crippen LogP contribution in [0.5, 0.6) is 0 Å². The highest BCUT2D eigenvalue weighted by Gasteiger charge is 2.30. The van der Waals surface area contributed by atoms with Crippen LogP contribution in [0, 0.1) is 6.92 Å². The molecule has 0 N–H and O–H groups in total. The highest BCUT2D eigenvalue weighted by molar-refractivity contribution is 7.12. The lowest BCUT2D eigenvalue weighted by Crippen LogP contribution is -2.47. The Hall–Kier alpha value is -2.37. The second-order valence-corrected chi connectivity index (χ2v) is 8.02. The van der Waals surface area contributed by atoms with E-state index in [0.717, 1.165) is 48.8 Å². The SMILES string of the molecule is Cc1ccc(N(C(=O)c2cccs2)C2CCN(Cc3ccco3)CC2)cc1. The predicted octanol–water partition coefficient (Wildman–Crippen LogP) is 4.96. The Balaban J connectivity index is 1.51. The third-order valence-electron chi connectivity index (χ3n) is 5.14. The van der Waals surface area contributed by atoms with Gasteiger partial charge in [-0.1, -0.05) is 23.8 Å². The van der Waals surface area contributed by atoms with Crippen molar-refractivity contribution in [1.82, 2.24) is 4.90 Å². The van der Waals surface area contributed by atoms with Gasteiger partial charge in [0, 0.05) is 24.8 Å². The molecule has 140 valence electrons. The van der Waals surface area contributed by atoms with Crippen LogP contribution in [0.25, 0.3) is 0 Å². The van der Waals surface area contributed by atoms with Gasteiger partial charge < -0.3 is 9.32 Å². The molecule has 0 spiro atoms. The molecule has 5 heteroatoms. The summed E-state index contributed by atoms with van der Waals surface area (Å²) in [5.74, 6) is 1.11. The maximum atomic E-state index is 13.2. The molecule has 0 unspecified atom stereocenters. The third kappa shape index (κ3) is 4.15. The van der Waals surface area contributed by atoms with Crippen LogP contribution in [-0.2, 0) is 6.54 Å². The van der Waals surface area contributed by atoms with Gasteiger partial charge in [0.2, 0.25) is 0 Å². The molecule has 4 rings (SSSR count). The minimum atomic E-state index is 0.110. The fourth-order valence-corrected chi connectivity index (χ4v) is 4.34. The molecule has 1 aliphatic rings. The van der Waals surface area contributed by atoms with E-state index in [0.29, 0.717) is 0 Å². The van der Waals surface area contributed by atoms with Gasteiger partial charge in [0.1, 0.15) is 5.76 Å². The first-order chi connectivity index (χ1) is 13.2. The van der Waals surface area contributed by atoms with Gasteiger partial charge in [0.05, 0.1) is 17.7 Å². The van der Waals surface area contributed by atoms with Crippen LogP contribution in [-0.4, -0.2) is 29.9 Å². The van der Waals surface area contributed by atoms with E-state index in [2.05, 4.69) is 36.1 Å². The maximum Gasteiger partial charge on any atom is 0.268 e. The van der Waals surface area contributed by atoms with Crippen LogP contribution >= 0.6 is 11.3 Å². The topological polar surface area (TPSA) is 36.7 Å². The number of carbonyl (C=O) groups excluding carboxylic acids is 1. The molecule has 27 heavy (non-hydrogen) atoms. The van der Waals surface area contributed by atoms with Crippen molar-refractivity contribution in [2.24, 2.45) is 0 Å². The van der Waals surface area contributed by atoms with E-state index < -0.39 is 0 Å². The number of anilines is 1. The van der Waals surface area contributed by atoms with Gasteiger partial charge in [-0.25, -0.2) is 0 Å². The predicted molar refractivity (Wildman–Crippen MR) is 109 cm³/mol. The van der Waals surface area contributed by atoms with E-state index in [9.17, 15) is 4.79 Å². The summed E-state index contributed by atoms with van der Waals surface area (Å²) in [5.41, 5.74) is 2.19. The lowest BCUT2D eigenvalue weighted by atomic mass is 10.0. The van der Waals surface area contributed by atoms with Crippen molar-refractivity contribution in [3.63, 3.8) is 0 Å². The number of aryl methyl sites for hydroxylation is 1. The minimum absolute atomic E-state index is 0.110. The van der Waals surface area contributed by atoms with Crippen LogP contribution < -0.4 is 4.90 Å². The second kappa shape index (κ2) is 8.11. The number of piperidine rings is 1. The maximum absolute atomic E-state index is 13.2. The first kappa shape index (κ1) is 18.0. The molecule has 1 aromatic carbocycles. The normalized spacial score (nSPS) is 15.7. The quantitative estimate of drug-likeness (QED) is 0.628. The van der Waals surface area contributed by atoms with E-state index in [4.69, 9.17) is 4.42 Å². The molecule has 0 saturated carbocycles. The van der Waals surface area contributed by atoms with Crippen LogP contribution in [0.15, 0.2) is 64.6 Å². The number of benzene rings is 1. The number of likely N-dealkylation sites (tertiary alicyclic amines) is 1. The molecule has 0 radical (unpaired) electrons. The van der Waals surface area contributed by atoms with Gasteiger partial charge >= 0.3 is 0 Å². The standard InChI is InChI=1S/C22H24N2O2S/c1-17-6-8-18(9-7-17)24(22(25)21-5-3-15-27-21)19-10-12-23(13-11-19)16-20-4-2-14-26-20/h2-9,14-15,19H,10-13,16H2,1H3. The summed E-state index contributed by atoms with van der Waals surface area (Å²) in [6.45, 7) is 4.84. The van der Waals surface area contributed by atoms with Crippen molar-refractivity contribution < 1.29 is 9.21 Å². The molecule has 2 aromatic heterocycles. The smallest absolute Gasteiger partial charge is 0.268 e. The highest BCUT2D eigenvalue weighted by Crippen LogP contribution is 2.28. The summed E-state index contributed by atoms with van der Waals surface area (Å²) >= 11 is 1.51. The number of amides is 1. The molecule has 0 aliphatic carbocycles. The van der Waals surface area contributed by atoms with Gasteiger partial charge in [-0.15, -0.1) is 11.3 Å². The molecule has 0 bridgehead atoms. The van der Waals surface area contributed by atoms with Crippen molar-refractivity contribution in [2.75, 3.05) is 18.0 Å². The number of nitrogens with zero attached hydrogens (tertiary/aromatic N) is 2. The van der Waals surface area contributed by atoms with E-state index >= 15 is 0 Å². The largest absolute Gasteiger partial charge is 0.468 e. The Bertz CT molecular complexity index is 848. The Morgan fingerprint density at radius 2 is 1.93 bits per heavy atom. The Labute approximate surface area is 164 Å². The Morgan fingerprint density at radius 1 is 1.15 bits per heavy atom. The fourth-order valence-electron chi connectivity index (χ4n) is 3.68. The molecule has 0 atom stereocenters. The molecule has 1 aliphatic heterocycles. The van der Waals surface area contributed by atoms with Crippen LogP contribution in [0.2, 0.25) is 0 Å². The zero-order valence-corrected chi connectivity index (χ0v) is 16.3. The fraction of sp³-hybridized carbons (Fsp3) is 0.318. The number of furan rings is 1. The number of rotatable bonds is 5. The minimum Gasteiger partial charge on any atom is -0.468 e. The average molecular weight is 381 g/mol. The summed E-state index contributed by atoms with van der Waals surface area (Å²) in [6.07, 6.45) is 3.65. The number of thiophene rings is 1. The number of carbonyl (C=O) groups is 1. The van der Waals surface area contributed by atoms with Crippen molar-refractivity contribution in [3.8, 4) is 0 Å². The first-order valence-corrected chi connectivity index (χ1v) is 10.3. The second-order valence-electron chi connectivity index (χ2n) is 7.07. The summed E-state index contributed by atoms with van der Waals surface area (Å²) in [4.78, 5) is 18.4. The highest BCUT2D eigenvalue weighted by atomic mass is 32.1. The summed E-state index contributed by atoms with van der Waals surface area (Å²) < 4.78 is 5.47. The van der Waals surface area contributed by atoms with Crippen LogP contribution in [0.3, 0.4) is 0 Å². The molecule has 3 aromatic rings. The van der Waals surface area contributed by atoms with Crippen molar-refractivity contribution >= 4 is 22.9 Å². The molecule has 3 heterocycles. The van der Waals surface area contributed by atoms with E-state index in [1.165, 1.54) is 16.9 Å².